The molecular formula is C16H22N4O. The first-order valence-electron chi connectivity index (χ1n) is 7.44. The molecule has 1 aromatic heterocycles. The van der Waals surface area contributed by atoms with Gasteiger partial charge in [0.2, 0.25) is 5.89 Å². The second-order valence-electron chi connectivity index (χ2n) is 6.10. The van der Waals surface area contributed by atoms with Crippen LogP contribution in [0.5, 0.6) is 0 Å². The van der Waals surface area contributed by atoms with Crippen LogP contribution in [0.1, 0.15) is 49.0 Å². The van der Waals surface area contributed by atoms with E-state index in [1.54, 1.807) is 0 Å². The minimum absolute atomic E-state index is 0.0440. The summed E-state index contributed by atoms with van der Waals surface area (Å²) in [6, 6.07) is 10.1. The summed E-state index contributed by atoms with van der Waals surface area (Å²) >= 11 is 0. The molecule has 1 aromatic carbocycles. The lowest BCUT2D eigenvalue weighted by Crippen LogP contribution is -2.34. The van der Waals surface area contributed by atoms with Crippen LogP contribution in [0.3, 0.4) is 0 Å². The van der Waals surface area contributed by atoms with Gasteiger partial charge in [-0.25, -0.2) is 0 Å². The van der Waals surface area contributed by atoms with Crippen molar-refractivity contribution in [3.05, 3.63) is 47.6 Å². The first kappa shape index (κ1) is 14.2. The Hall–Kier alpha value is -1.72. The highest BCUT2D eigenvalue weighted by Gasteiger charge is 2.37. The lowest BCUT2D eigenvalue weighted by atomic mass is 9.98. The maximum absolute atomic E-state index is 6.41. The number of aromatic nitrogens is 2. The zero-order valence-electron chi connectivity index (χ0n) is 12.6. The normalized spacial score (nSPS) is 19.0. The third-order valence-corrected chi connectivity index (χ3v) is 4.25. The van der Waals surface area contributed by atoms with Gasteiger partial charge in [0.1, 0.15) is 6.04 Å². The Balaban J connectivity index is 1.93. The molecule has 112 valence electrons. The van der Waals surface area contributed by atoms with Crippen molar-refractivity contribution < 1.29 is 4.52 Å². The van der Waals surface area contributed by atoms with Crippen LogP contribution in [0, 0.1) is 0 Å². The van der Waals surface area contributed by atoms with Gasteiger partial charge in [-0.1, -0.05) is 48.3 Å². The SMILES string of the molecule is CN(C)C(c1ccccc1)c1nc(C2(N)CCCC2)no1. The molecule has 0 aliphatic heterocycles. The fourth-order valence-electron chi connectivity index (χ4n) is 3.07. The predicted molar refractivity (Wildman–Crippen MR) is 80.6 cm³/mol. The van der Waals surface area contributed by atoms with E-state index >= 15 is 0 Å². The average molecular weight is 286 g/mol. The molecule has 5 nitrogen and oxygen atoms in total. The molecule has 1 saturated carbocycles. The first-order valence-corrected chi connectivity index (χ1v) is 7.44. The smallest absolute Gasteiger partial charge is 0.248 e. The molecule has 3 rings (SSSR count). The van der Waals surface area contributed by atoms with Crippen LogP contribution in [0.25, 0.3) is 0 Å². The van der Waals surface area contributed by atoms with Crippen LogP contribution < -0.4 is 5.73 Å². The standard InChI is InChI=1S/C16H22N4O/c1-20(2)13(12-8-4-3-5-9-12)14-18-15(19-21-14)16(17)10-6-7-11-16/h3-5,8-9,13H,6-7,10-11,17H2,1-2H3. The molecule has 0 bridgehead atoms. The van der Waals surface area contributed by atoms with Gasteiger partial charge in [0.05, 0.1) is 5.54 Å². The van der Waals surface area contributed by atoms with Crippen molar-refractivity contribution in [2.24, 2.45) is 5.73 Å². The Morgan fingerprint density at radius 2 is 1.86 bits per heavy atom. The van der Waals surface area contributed by atoms with Gasteiger partial charge in [-0.15, -0.1) is 0 Å². The highest BCUT2D eigenvalue weighted by atomic mass is 16.5. The first-order chi connectivity index (χ1) is 10.1. The summed E-state index contributed by atoms with van der Waals surface area (Å²) in [6.45, 7) is 0. The number of nitrogens with two attached hydrogens (primary N) is 1. The van der Waals surface area contributed by atoms with E-state index in [1.165, 1.54) is 0 Å². The summed E-state index contributed by atoms with van der Waals surface area (Å²) in [5.41, 5.74) is 7.14. The third-order valence-electron chi connectivity index (χ3n) is 4.25. The second kappa shape index (κ2) is 5.58. The number of hydrogen-bond acceptors (Lipinski definition) is 5. The molecule has 0 amide bonds. The highest BCUT2D eigenvalue weighted by Crippen LogP contribution is 2.35. The summed E-state index contributed by atoms with van der Waals surface area (Å²) in [6.07, 6.45) is 4.14. The van der Waals surface area contributed by atoms with E-state index in [4.69, 9.17) is 10.3 Å². The second-order valence-corrected chi connectivity index (χ2v) is 6.10. The van der Waals surface area contributed by atoms with Gasteiger partial charge in [-0.2, -0.15) is 4.98 Å². The van der Waals surface area contributed by atoms with Crippen molar-refractivity contribution in [1.82, 2.24) is 15.0 Å². The topological polar surface area (TPSA) is 68.2 Å². The Kier molecular flexibility index (Phi) is 3.78. The number of rotatable bonds is 4. The fraction of sp³-hybridized carbons (Fsp3) is 0.500. The van der Waals surface area contributed by atoms with E-state index in [1.807, 2.05) is 32.3 Å². The van der Waals surface area contributed by atoms with E-state index in [-0.39, 0.29) is 6.04 Å². The Morgan fingerprint density at radius 1 is 1.19 bits per heavy atom. The largest absolute Gasteiger partial charge is 0.337 e. The quantitative estimate of drug-likeness (QED) is 0.935. The molecule has 2 N–H and O–H groups in total. The van der Waals surface area contributed by atoms with Crippen LogP contribution in [0.2, 0.25) is 0 Å². The lowest BCUT2D eigenvalue weighted by molar-refractivity contribution is 0.259. The molecule has 1 fully saturated rings. The van der Waals surface area contributed by atoms with Crippen LogP contribution in [-0.4, -0.2) is 29.1 Å². The molecule has 1 heterocycles. The summed E-state index contributed by atoms with van der Waals surface area (Å²) in [5.74, 6) is 1.26. The van der Waals surface area contributed by atoms with E-state index in [0.29, 0.717) is 11.7 Å². The molecule has 1 aliphatic carbocycles. The monoisotopic (exact) mass is 286 g/mol. The van der Waals surface area contributed by atoms with Gasteiger partial charge in [0, 0.05) is 0 Å². The molecule has 1 unspecified atom stereocenters. The number of benzene rings is 1. The van der Waals surface area contributed by atoms with E-state index in [0.717, 1.165) is 31.2 Å². The van der Waals surface area contributed by atoms with Crippen LogP contribution in [0.4, 0.5) is 0 Å². The summed E-state index contributed by atoms with van der Waals surface area (Å²) in [7, 11) is 4.02. The minimum Gasteiger partial charge on any atom is -0.337 e. The van der Waals surface area contributed by atoms with Crippen molar-refractivity contribution in [1.29, 1.82) is 0 Å². The average Bonchev–Trinajstić information content (AvgIpc) is 3.10. The van der Waals surface area contributed by atoms with Crippen molar-refractivity contribution in [2.75, 3.05) is 14.1 Å². The van der Waals surface area contributed by atoms with Crippen molar-refractivity contribution in [3.63, 3.8) is 0 Å². The minimum atomic E-state index is -0.407. The Labute approximate surface area is 125 Å². The lowest BCUT2D eigenvalue weighted by Gasteiger charge is -2.21. The van der Waals surface area contributed by atoms with Crippen LogP contribution >= 0.6 is 0 Å². The Morgan fingerprint density at radius 3 is 2.48 bits per heavy atom. The van der Waals surface area contributed by atoms with Gasteiger partial charge in [0.25, 0.3) is 0 Å². The molecule has 21 heavy (non-hydrogen) atoms. The van der Waals surface area contributed by atoms with Gasteiger partial charge >= 0.3 is 0 Å². The zero-order valence-corrected chi connectivity index (χ0v) is 12.6. The van der Waals surface area contributed by atoms with E-state index in [2.05, 4.69) is 27.2 Å². The van der Waals surface area contributed by atoms with Crippen molar-refractivity contribution >= 4 is 0 Å². The zero-order chi connectivity index (χ0) is 14.9. The molecular weight excluding hydrogens is 264 g/mol. The number of hydrogen-bond donors (Lipinski definition) is 1. The molecule has 0 radical (unpaired) electrons. The molecule has 1 aliphatic rings. The van der Waals surface area contributed by atoms with Crippen molar-refractivity contribution in [3.8, 4) is 0 Å². The third kappa shape index (κ3) is 2.71. The van der Waals surface area contributed by atoms with E-state index in [9.17, 15) is 0 Å². The highest BCUT2D eigenvalue weighted by molar-refractivity contribution is 5.24. The van der Waals surface area contributed by atoms with Crippen LogP contribution in [0.15, 0.2) is 34.9 Å². The van der Waals surface area contributed by atoms with Gasteiger partial charge < -0.3 is 10.3 Å². The predicted octanol–water partition coefficient (Wildman–Crippen LogP) is 2.45. The summed E-state index contributed by atoms with van der Waals surface area (Å²) in [5, 5.41) is 4.16. The summed E-state index contributed by atoms with van der Waals surface area (Å²) in [4.78, 5) is 6.69. The fourth-order valence-corrected chi connectivity index (χ4v) is 3.07. The van der Waals surface area contributed by atoms with E-state index < -0.39 is 5.54 Å². The maximum atomic E-state index is 6.41. The van der Waals surface area contributed by atoms with Gasteiger partial charge in [0.15, 0.2) is 5.82 Å². The molecule has 0 spiro atoms. The molecule has 2 aromatic rings. The molecule has 1 atom stereocenters. The van der Waals surface area contributed by atoms with Gasteiger partial charge in [-0.05, 0) is 32.5 Å². The Bertz CT molecular complexity index is 587. The van der Waals surface area contributed by atoms with Crippen molar-refractivity contribution in [2.45, 2.75) is 37.3 Å². The van der Waals surface area contributed by atoms with Crippen LogP contribution in [-0.2, 0) is 5.54 Å². The maximum Gasteiger partial charge on any atom is 0.248 e. The summed E-state index contributed by atoms with van der Waals surface area (Å²) < 4.78 is 5.54. The molecule has 5 heteroatoms. The molecule has 0 saturated heterocycles. The van der Waals surface area contributed by atoms with Gasteiger partial charge in [-0.3, -0.25) is 4.90 Å². The number of nitrogens with zero attached hydrogens (tertiary/aromatic N) is 3.